The summed E-state index contributed by atoms with van der Waals surface area (Å²) < 4.78 is 0. The molecule has 0 spiro atoms. The lowest BCUT2D eigenvalue weighted by molar-refractivity contribution is 0.459. The molecule has 10 aromatic carbocycles. The van der Waals surface area contributed by atoms with Gasteiger partial charge in [0.15, 0.2) is 0 Å². The molecule has 1 heterocycles. The fourth-order valence-corrected chi connectivity index (χ4v) is 13.3. The van der Waals surface area contributed by atoms with Crippen LogP contribution in [0, 0.1) is 10.8 Å². The minimum atomic E-state index is -0.219. The van der Waals surface area contributed by atoms with Crippen LogP contribution >= 0.6 is 0 Å². The molecule has 0 saturated carbocycles. The molecule has 11 aromatic rings. The van der Waals surface area contributed by atoms with Crippen molar-refractivity contribution in [2.24, 2.45) is 10.8 Å². The molecule has 4 aliphatic carbocycles. The summed E-state index contributed by atoms with van der Waals surface area (Å²) in [7, 11) is 0. The van der Waals surface area contributed by atoms with E-state index < -0.39 is 0 Å². The number of H-pyrrole nitrogens is 1. The first kappa shape index (κ1) is 39.0. The molecular formula is C68H49N. The summed E-state index contributed by atoms with van der Waals surface area (Å²) in [6.45, 7) is 9.55. The van der Waals surface area contributed by atoms with Crippen LogP contribution in [0.25, 0.3) is 128 Å². The number of nitrogens with one attached hydrogen (secondary N) is 1. The van der Waals surface area contributed by atoms with Gasteiger partial charge in [0.2, 0.25) is 0 Å². The van der Waals surface area contributed by atoms with E-state index in [-0.39, 0.29) is 10.8 Å². The number of aromatic nitrogens is 1. The van der Waals surface area contributed by atoms with E-state index >= 15 is 0 Å². The Kier molecular flexibility index (Phi) is 7.81. The lowest BCUT2D eigenvalue weighted by Gasteiger charge is -2.30. The number of aryl methyl sites for hydroxylation is 1. The molecular weight excluding hydrogens is 831 g/mol. The van der Waals surface area contributed by atoms with Gasteiger partial charge < -0.3 is 4.98 Å². The van der Waals surface area contributed by atoms with E-state index in [1.165, 1.54) is 153 Å². The Morgan fingerprint density at radius 1 is 0.435 bits per heavy atom. The molecule has 1 heteroatoms. The van der Waals surface area contributed by atoms with Crippen molar-refractivity contribution in [3.05, 3.63) is 219 Å². The SMILES string of the molecule is CC1(C)C=c2[nH]c3c(-c4ccccc4)c4c(cc3c2CC1)-c1cc(-c2c3ccccc3c(C3=CC(C)(C)C5=c6cc7c8ccccc8c8ccccc8c7cc6=CC5=C3)c3ccccc23)ccc1C=4. The molecule has 15 rings (SSSR count). The zero-order valence-electron chi connectivity index (χ0n) is 39.4. The molecule has 0 amide bonds. The zero-order valence-corrected chi connectivity index (χ0v) is 39.4. The van der Waals surface area contributed by atoms with Crippen LogP contribution in [0.2, 0.25) is 0 Å². The third kappa shape index (κ3) is 5.53. The lowest BCUT2D eigenvalue weighted by Crippen LogP contribution is -2.28. The molecule has 4 aliphatic rings. The highest BCUT2D eigenvalue weighted by molar-refractivity contribution is 6.26. The highest BCUT2D eigenvalue weighted by Gasteiger charge is 2.33. The molecule has 326 valence electrons. The van der Waals surface area contributed by atoms with Gasteiger partial charge in [-0.25, -0.2) is 0 Å². The Balaban J connectivity index is 0.925. The average molecular weight is 880 g/mol. The summed E-state index contributed by atoms with van der Waals surface area (Å²) >= 11 is 0. The van der Waals surface area contributed by atoms with Crippen LogP contribution in [0.3, 0.4) is 0 Å². The molecule has 0 atom stereocenters. The Labute approximate surface area is 401 Å². The van der Waals surface area contributed by atoms with Crippen molar-refractivity contribution in [1.29, 1.82) is 0 Å². The van der Waals surface area contributed by atoms with E-state index in [0.717, 1.165) is 12.8 Å². The van der Waals surface area contributed by atoms with Gasteiger partial charge in [-0.05, 0) is 191 Å². The maximum atomic E-state index is 3.96. The Morgan fingerprint density at radius 3 is 1.70 bits per heavy atom. The predicted octanol–water partition coefficient (Wildman–Crippen LogP) is 14.8. The van der Waals surface area contributed by atoms with Crippen LogP contribution in [-0.2, 0) is 6.42 Å². The van der Waals surface area contributed by atoms with E-state index in [2.05, 4.69) is 227 Å². The van der Waals surface area contributed by atoms with Crippen molar-refractivity contribution in [3.8, 4) is 33.4 Å². The summed E-state index contributed by atoms with van der Waals surface area (Å²) in [5, 5.41) is 19.7. The number of benzene rings is 10. The summed E-state index contributed by atoms with van der Waals surface area (Å²) in [5.41, 5.74) is 17.0. The molecule has 1 nitrogen and oxygen atoms in total. The normalized spacial score (nSPS) is 16.1. The monoisotopic (exact) mass is 879 g/mol. The van der Waals surface area contributed by atoms with Gasteiger partial charge in [0, 0.05) is 21.7 Å². The van der Waals surface area contributed by atoms with Crippen LogP contribution in [-0.4, -0.2) is 4.98 Å². The maximum absolute atomic E-state index is 3.96. The van der Waals surface area contributed by atoms with E-state index in [4.69, 9.17) is 0 Å². The average Bonchev–Trinajstić information content (AvgIpc) is 4.04. The minimum Gasteiger partial charge on any atom is -0.355 e. The van der Waals surface area contributed by atoms with Gasteiger partial charge in [-0.1, -0.05) is 179 Å². The van der Waals surface area contributed by atoms with Crippen LogP contribution in [0.15, 0.2) is 182 Å². The molecule has 69 heavy (non-hydrogen) atoms. The van der Waals surface area contributed by atoms with Crippen molar-refractivity contribution >= 4 is 94.1 Å². The summed E-state index contributed by atoms with van der Waals surface area (Å²) in [4.78, 5) is 3.96. The van der Waals surface area contributed by atoms with Gasteiger partial charge in [0.05, 0.1) is 5.52 Å². The fourth-order valence-electron chi connectivity index (χ4n) is 13.3. The molecule has 1 N–H and O–H groups in total. The van der Waals surface area contributed by atoms with Crippen LogP contribution < -0.4 is 21.0 Å². The van der Waals surface area contributed by atoms with Crippen LogP contribution in [0.1, 0.15) is 50.8 Å². The molecule has 0 unspecified atom stereocenters. The van der Waals surface area contributed by atoms with Gasteiger partial charge in [0.25, 0.3) is 0 Å². The lowest BCUT2D eigenvalue weighted by atomic mass is 9.73. The topological polar surface area (TPSA) is 15.8 Å². The molecule has 1 aromatic heterocycles. The van der Waals surface area contributed by atoms with Crippen LogP contribution in [0.5, 0.6) is 0 Å². The highest BCUT2D eigenvalue weighted by Crippen LogP contribution is 2.49. The number of rotatable bonds is 3. The molecule has 0 radical (unpaired) electrons. The van der Waals surface area contributed by atoms with Gasteiger partial charge in [0.1, 0.15) is 0 Å². The zero-order chi connectivity index (χ0) is 45.9. The number of allylic oxidation sites excluding steroid dienone is 4. The minimum absolute atomic E-state index is 0.169. The van der Waals surface area contributed by atoms with Gasteiger partial charge >= 0.3 is 0 Å². The van der Waals surface area contributed by atoms with Crippen molar-refractivity contribution in [3.63, 3.8) is 0 Å². The number of hydrogen-bond donors (Lipinski definition) is 1. The highest BCUT2D eigenvalue weighted by atomic mass is 14.7. The van der Waals surface area contributed by atoms with Gasteiger partial charge in [-0.2, -0.15) is 0 Å². The van der Waals surface area contributed by atoms with Crippen molar-refractivity contribution in [1.82, 2.24) is 4.98 Å². The maximum Gasteiger partial charge on any atom is 0.0547 e. The smallest absolute Gasteiger partial charge is 0.0547 e. The quantitative estimate of drug-likeness (QED) is 0.134. The number of aromatic amines is 1. The Hall–Kier alpha value is -8.00. The Bertz CT molecular complexity index is 4450. The molecule has 0 aliphatic heterocycles. The van der Waals surface area contributed by atoms with Crippen molar-refractivity contribution in [2.75, 3.05) is 0 Å². The van der Waals surface area contributed by atoms with Gasteiger partial charge in [-0.3, -0.25) is 0 Å². The molecule has 0 saturated heterocycles. The Morgan fingerprint density at radius 2 is 1.03 bits per heavy atom. The van der Waals surface area contributed by atoms with E-state index in [9.17, 15) is 0 Å². The van der Waals surface area contributed by atoms with E-state index in [1.54, 1.807) is 0 Å². The first-order valence-electron chi connectivity index (χ1n) is 24.8. The van der Waals surface area contributed by atoms with E-state index in [0.29, 0.717) is 0 Å². The second kappa shape index (κ2) is 13.8. The summed E-state index contributed by atoms with van der Waals surface area (Å²) in [6.07, 6.45) is 14.6. The van der Waals surface area contributed by atoms with E-state index in [1.807, 2.05) is 0 Å². The predicted molar refractivity (Wildman–Crippen MR) is 295 cm³/mol. The van der Waals surface area contributed by atoms with Crippen molar-refractivity contribution < 1.29 is 0 Å². The largest absolute Gasteiger partial charge is 0.355 e. The van der Waals surface area contributed by atoms with Crippen molar-refractivity contribution in [2.45, 2.75) is 40.5 Å². The van der Waals surface area contributed by atoms with Gasteiger partial charge in [-0.15, -0.1) is 0 Å². The number of fused-ring (bicyclic) bond motifs is 16. The fraction of sp³-hybridized carbons (Fsp3) is 0.118. The van der Waals surface area contributed by atoms with Crippen LogP contribution in [0.4, 0.5) is 0 Å². The summed E-state index contributed by atoms with van der Waals surface area (Å²) in [6, 6.07) is 61.9. The third-order valence-corrected chi connectivity index (χ3v) is 16.3. The second-order valence-corrected chi connectivity index (χ2v) is 21.5. The summed E-state index contributed by atoms with van der Waals surface area (Å²) in [5.74, 6) is 0. The third-order valence-electron chi connectivity index (χ3n) is 16.3. The standard InChI is InChI=1S/C68H49N/c1-67(2)29-28-49-60-36-58-54-33-41(27-26-40(54)32-59(58)64(39-16-6-5-7-17-39)66(60)69-61(49)38-67)62-50-22-12-14-24-52(50)63(53-25-15-13-23-51(53)62)44-31-43-30-42-34-56-47-20-10-8-18-45(47)46-19-9-11-21-48(46)57(56)35-55(42)65(43)68(3,4)37-44/h5-27,30-38,69H,28-29H2,1-4H3. The molecule has 0 bridgehead atoms. The number of hydrogen-bond acceptors (Lipinski definition) is 0. The molecule has 0 fully saturated rings. The second-order valence-electron chi connectivity index (χ2n) is 21.5. The first-order valence-corrected chi connectivity index (χ1v) is 24.8. The first-order chi connectivity index (χ1) is 33.7.